The summed E-state index contributed by atoms with van der Waals surface area (Å²) >= 11 is 3.42. The molecule has 0 unspecified atom stereocenters. The monoisotopic (exact) mass is 316 g/mol. The van der Waals surface area contributed by atoms with E-state index in [1.54, 1.807) is 13.2 Å². The molecule has 0 aliphatic heterocycles. The van der Waals surface area contributed by atoms with E-state index in [2.05, 4.69) is 22.0 Å². The van der Waals surface area contributed by atoms with Gasteiger partial charge in [-0.3, -0.25) is 0 Å². The van der Waals surface area contributed by atoms with E-state index >= 15 is 0 Å². The van der Waals surface area contributed by atoms with E-state index in [9.17, 15) is 0 Å². The lowest BCUT2D eigenvalue weighted by Crippen LogP contribution is -2.10. The molecule has 3 nitrogen and oxygen atoms in total. The summed E-state index contributed by atoms with van der Waals surface area (Å²) in [5.41, 5.74) is 2.49. The predicted molar refractivity (Wildman–Crippen MR) is 79.9 cm³/mol. The Hall–Kier alpha value is -1.99. The van der Waals surface area contributed by atoms with Crippen molar-refractivity contribution in [3.8, 4) is 11.8 Å². The fourth-order valence-corrected chi connectivity index (χ4v) is 2.36. The molecule has 0 aliphatic rings. The molecule has 0 fully saturated rings. The highest BCUT2D eigenvalue weighted by Crippen LogP contribution is 2.33. The summed E-state index contributed by atoms with van der Waals surface area (Å²) in [6.45, 7) is 0. The van der Waals surface area contributed by atoms with Gasteiger partial charge in [0.05, 0.1) is 24.4 Å². The molecule has 0 atom stereocenters. The Morgan fingerprint density at radius 3 is 2.63 bits per heavy atom. The SMILES string of the molecule is COc1ccccc1N(C)c1cc(Br)cc(C#N)c1. The highest BCUT2D eigenvalue weighted by molar-refractivity contribution is 9.10. The number of benzene rings is 2. The maximum atomic E-state index is 9.03. The van der Waals surface area contributed by atoms with Crippen molar-refractivity contribution in [2.75, 3.05) is 19.1 Å². The Kier molecular flexibility index (Phi) is 4.08. The van der Waals surface area contributed by atoms with Gasteiger partial charge in [-0.25, -0.2) is 0 Å². The lowest BCUT2D eigenvalue weighted by atomic mass is 10.2. The number of halogens is 1. The van der Waals surface area contributed by atoms with Gasteiger partial charge in [0.15, 0.2) is 0 Å². The number of ether oxygens (including phenoxy) is 1. The number of para-hydroxylation sites is 2. The first-order chi connectivity index (χ1) is 9.15. The van der Waals surface area contributed by atoms with Crippen LogP contribution in [0.1, 0.15) is 5.56 Å². The standard InChI is InChI=1S/C15H13BrN2O/c1-18(14-5-3-4-6-15(14)19-2)13-8-11(10-17)7-12(16)9-13/h3-9H,1-2H3. The first-order valence-corrected chi connectivity index (χ1v) is 6.52. The molecule has 0 N–H and O–H groups in total. The summed E-state index contributed by atoms with van der Waals surface area (Å²) in [7, 11) is 3.59. The molecular formula is C15H13BrN2O. The van der Waals surface area contributed by atoms with Gasteiger partial charge in [-0.15, -0.1) is 0 Å². The molecule has 19 heavy (non-hydrogen) atoms. The summed E-state index contributed by atoms with van der Waals surface area (Å²) in [5.74, 6) is 0.795. The van der Waals surface area contributed by atoms with Gasteiger partial charge in [0, 0.05) is 17.2 Å². The Morgan fingerprint density at radius 2 is 1.95 bits per heavy atom. The topological polar surface area (TPSA) is 36.3 Å². The van der Waals surface area contributed by atoms with Crippen molar-refractivity contribution in [1.29, 1.82) is 5.26 Å². The fraction of sp³-hybridized carbons (Fsp3) is 0.133. The molecule has 0 saturated carbocycles. The third-order valence-electron chi connectivity index (χ3n) is 2.85. The summed E-state index contributed by atoms with van der Waals surface area (Å²) in [6, 6.07) is 15.5. The number of nitrogens with zero attached hydrogens (tertiary/aromatic N) is 2. The minimum atomic E-state index is 0.617. The lowest BCUT2D eigenvalue weighted by molar-refractivity contribution is 0.415. The predicted octanol–water partition coefficient (Wildman–Crippen LogP) is 4.10. The van der Waals surface area contributed by atoms with Gasteiger partial charge in [0.25, 0.3) is 0 Å². The van der Waals surface area contributed by atoms with E-state index in [0.29, 0.717) is 5.56 Å². The zero-order valence-electron chi connectivity index (χ0n) is 10.7. The van der Waals surface area contributed by atoms with Crippen LogP contribution in [0.5, 0.6) is 5.75 Å². The molecule has 0 amide bonds. The smallest absolute Gasteiger partial charge is 0.142 e. The normalized spacial score (nSPS) is 9.79. The number of rotatable bonds is 3. The highest BCUT2D eigenvalue weighted by Gasteiger charge is 2.10. The number of nitriles is 1. The van der Waals surface area contributed by atoms with Gasteiger partial charge in [-0.1, -0.05) is 28.1 Å². The second-order valence-corrected chi connectivity index (χ2v) is 4.96. The minimum Gasteiger partial charge on any atom is -0.495 e. The first-order valence-electron chi connectivity index (χ1n) is 5.73. The molecule has 96 valence electrons. The Morgan fingerprint density at radius 1 is 1.21 bits per heavy atom. The number of methoxy groups -OCH3 is 1. The van der Waals surface area contributed by atoms with Gasteiger partial charge >= 0.3 is 0 Å². The molecule has 0 radical (unpaired) electrons. The lowest BCUT2D eigenvalue weighted by Gasteiger charge is -2.22. The maximum absolute atomic E-state index is 9.03. The zero-order valence-corrected chi connectivity index (χ0v) is 12.3. The Balaban J connectivity index is 2.47. The second kappa shape index (κ2) is 5.77. The van der Waals surface area contributed by atoms with Gasteiger partial charge in [-0.2, -0.15) is 5.26 Å². The molecule has 4 heteroatoms. The maximum Gasteiger partial charge on any atom is 0.142 e. The molecular weight excluding hydrogens is 304 g/mol. The highest BCUT2D eigenvalue weighted by atomic mass is 79.9. The molecule has 0 aromatic heterocycles. The van der Waals surface area contributed by atoms with Crippen molar-refractivity contribution in [3.05, 3.63) is 52.5 Å². The molecule has 2 aromatic carbocycles. The van der Waals surface area contributed by atoms with E-state index in [4.69, 9.17) is 10.00 Å². The van der Waals surface area contributed by atoms with Crippen molar-refractivity contribution in [1.82, 2.24) is 0 Å². The van der Waals surface area contributed by atoms with Crippen LogP contribution in [0.15, 0.2) is 46.9 Å². The van der Waals surface area contributed by atoms with Crippen molar-refractivity contribution < 1.29 is 4.74 Å². The largest absolute Gasteiger partial charge is 0.495 e. The summed E-state index contributed by atoms with van der Waals surface area (Å²) in [6.07, 6.45) is 0. The number of hydrogen-bond acceptors (Lipinski definition) is 3. The molecule has 0 heterocycles. The minimum absolute atomic E-state index is 0.617. The molecule has 0 bridgehead atoms. The van der Waals surface area contributed by atoms with Crippen LogP contribution >= 0.6 is 15.9 Å². The molecule has 0 saturated heterocycles. The zero-order chi connectivity index (χ0) is 13.8. The first kappa shape index (κ1) is 13.4. The van der Waals surface area contributed by atoms with E-state index in [1.165, 1.54) is 0 Å². The van der Waals surface area contributed by atoms with Crippen LogP contribution in [-0.4, -0.2) is 14.2 Å². The fourth-order valence-electron chi connectivity index (χ4n) is 1.88. The third-order valence-corrected chi connectivity index (χ3v) is 3.30. The average Bonchev–Trinajstić information content (AvgIpc) is 2.45. The van der Waals surface area contributed by atoms with E-state index < -0.39 is 0 Å². The molecule has 2 aromatic rings. The van der Waals surface area contributed by atoms with Crippen molar-refractivity contribution in [3.63, 3.8) is 0 Å². The number of hydrogen-bond donors (Lipinski definition) is 0. The van der Waals surface area contributed by atoms with Crippen LogP contribution in [0, 0.1) is 11.3 Å². The Bertz CT molecular complexity index is 634. The average molecular weight is 317 g/mol. The van der Waals surface area contributed by atoms with Gasteiger partial charge < -0.3 is 9.64 Å². The van der Waals surface area contributed by atoms with E-state index in [0.717, 1.165) is 21.6 Å². The van der Waals surface area contributed by atoms with Crippen LogP contribution in [0.25, 0.3) is 0 Å². The second-order valence-electron chi connectivity index (χ2n) is 4.04. The van der Waals surface area contributed by atoms with Crippen LogP contribution in [0.4, 0.5) is 11.4 Å². The third kappa shape index (κ3) is 2.88. The van der Waals surface area contributed by atoms with Crippen molar-refractivity contribution in [2.24, 2.45) is 0 Å². The quantitative estimate of drug-likeness (QED) is 0.855. The molecule has 0 aliphatic carbocycles. The summed E-state index contributed by atoms with van der Waals surface area (Å²) in [4.78, 5) is 1.99. The van der Waals surface area contributed by atoms with Gasteiger partial charge in [0.2, 0.25) is 0 Å². The van der Waals surface area contributed by atoms with Crippen LogP contribution in [0.2, 0.25) is 0 Å². The Labute approximate surface area is 121 Å². The van der Waals surface area contributed by atoms with Crippen molar-refractivity contribution >= 4 is 27.3 Å². The van der Waals surface area contributed by atoms with Gasteiger partial charge in [-0.05, 0) is 30.3 Å². The molecule has 2 rings (SSSR count). The molecule has 0 spiro atoms. The van der Waals surface area contributed by atoms with E-state index in [-0.39, 0.29) is 0 Å². The summed E-state index contributed by atoms with van der Waals surface area (Å²) < 4.78 is 6.23. The van der Waals surface area contributed by atoms with Gasteiger partial charge in [0.1, 0.15) is 5.75 Å². The number of anilines is 2. The van der Waals surface area contributed by atoms with Crippen LogP contribution < -0.4 is 9.64 Å². The van der Waals surface area contributed by atoms with Crippen molar-refractivity contribution in [2.45, 2.75) is 0 Å². The summed E-state index contributed by atoms with van der Waals surface area (Å²) in [5, 5.41) is 9.03. The van der Waals surface area contributed by atoms with Crippen LogP contribution in [-0.2, 0) is 0 Å². The van der Waals surface area contributed by atoms with E-state index in [1.807, 2.05) is 48.3 Å². The van der Waals surface area contributed by atoms with Crippen LogP contribution in [0.3, 0.4) is 0 Å².